The van der Waals surface area contributed by atoms with Crippen LogP contribution in [-0.4, -0.2) is 34.6 Å². The maximum absolute atomic E-state index is 11.5. The molecule has 0 bridgehead atoms. The van der Waals surface area contributed by atoms with Gasteiger partial charge in [-0.2, -0.15) is 0 Å². The van der Waals surface area contributed by atoms with E-state index < -0.39 is 11.5 Å². The van der Waals surface area contributed by atoms with Crippen LogP contribution in [-0.2, 0) is 4.79 Å². The molecule has 0 aromatic heterocycles. The number of nitrogens with zero attached hydrogens (tertiary/aromatic N) is 1. The standard InChI is InChI=1S/C12H23NO2/c1-9(2)10(3)13(4)12(11(14)15)7-5-6-8-12/h9-10H,5-8H2,1-4H3,(H,14,15). The number of carboxylic acids is 1. The Bertz CT molecular complexity index is 232. The summed E-state index contributed by atoms with van der Waals surface area (Å²) in [7, 11) is 1.96. The summed E-state index contributed by atoms with van der Waals surface area (Å²) in [4.78, 5) is 13.5. The second kappa shape index (κ2) is 4.52. The molecule has 0 spiro atoms. The summed E-state index contributed by atoms with van der Waals surface area (Å²) < 4.78 is 0. The Balaban J connectivity index is 2.85. The average molecular weight is 213 g/mol. The van der Waals surface area contributed by atoms with Gasteiger partial charge in [0.15, 0.2) is 0 Å². The van der Waals surface area contributed by atoms with Crippen LogP contribution in [0.3, 0.4) is 0 Å². The number of likely N-dealkylation sites (N-methyl/N-ethyl adjacent to an activating group) is 1. The van der Waals surface area contributed by atoms with Crippen molar-refractivity contribution >= 4 is 5.97 Å². The molecule has 0 aromatic carbocycles. The van der Waals surface area contributed by atoms with E-state index in [1.807, 2.05) is 7.05 Å². The molecule has 3 heteroatoms. The molecule has 1 atom stereocenters. The van der Waals surface area contributed by atoms with Crippen LogP contribution in [0.4, 0.5) is 0 Å². The van der Waals surface area contributed by atoms with E-state index in [9.17, 15) is 9.90 Å². The maximum atomic E-state index is 11.5. The molecular formula is C12H23NO2. The summed E-state index contributed by atoms with van der Waals surface area (Å²) in [5, 5.41) is 9.42. The first-order valence-corrected chi connectivity index (χ1v) is 5.88. The normalized spacial score (nSPS) is 22.3. The van der Waals surface area contributed by atoms with Crippen molar-refractivity contribution in [3.8, 4) is 0 Å². The molecule has 0 saturated heterocycles. The van der Waals surface area contributed by atoms with E-state index in [0.29, 0.717) is 12.0 Å². The van der Waals surface area contributed by atoms with Crippen LogP contribution < -0.4 is 0 Å². The monoisotopic (exact) mass is 213 g/mol. The second-order valence-corrected chi connectivity index (χ2v) is 5.14. The molecule has 1 fully saturated rings. The van der Waals surface area contributed by atoms with Crippen LogP contribution >= 0.6 is 0 Å². The van der Waals surface area contributed by atoms with Crippen molar-refractivity contribution in [1.82, 2.24) is 4.90 Å². The minimum absolute atomic E-state index is 0.319. The van der Waals surface area contributed by atoms with Gasteiger partial charge in [-0.1, -0.05) is 26.7 Å². The number of hydrogen-bond donors (Lipinski definition) is 1. The maximum Gasteiger partial charge on any atom is 0.324 e. The molecular weight excluding hydrogens is 190 g/mol. The van der Waals surface area contributed by atoms with Crippen molar-refractivity contribution in [2.24, 2.45) is 5.92 Å². The van der Waals surface area contributed by atoms with E-state index in [-0.39, 0.29) is 0 Å². The highest BCUT2D eigenvalue weighted by molar-refractivity contribution is 5.79. The molecule has 1 unspecified atom stereocenters. The van der Waals surface area contributed by atoms with E-state index >= 15 is 0 Å². The topological polar surface area (TPSA) is 40.5 Å². The minimum Gasteiger partial charge on any atom is -0.480 e. The average Bonchev–Trinajstić information content (AvgIpc) is 2.65. The molecule has 0 heterocycles. The number of aliphatic carboxylic acids is 1. The predicted octanol–water partition coefficient (Wildman–Crippen LogP) is 2.36. The second-order valence-electron chi connectivity index (χ2n) is 5.14. The molecule has 88 valence electrons. The smallest absolute Gasteiger partial charge is 0.324 e. The molecule has 0 amide bonds. The number of rotatable bonds is 4. The molecule has 3 nitrogen and oxygen atoms in total. The SMILES string of the molecule is CC(C)C(C)N(C)C1(C(=O)O)CCCC1. The van der Waals surface area contributed by atoms with Gasteiger partial charge in [-0.25, -0.2) is 0 Å². The third-order valence-corrected chi connectivity index (χ3v) is 4.08. The van der Waals surface area contributed by atoms with Crippen molar-refractivity contribution in [1.29, 1.82) is 0 Å². The third-order valence-electron chi connectivity index (χ3n) is 4.08. The Morgan fingerprint density at radius 1 is 1.27 bits per heavy atom. The Morgan fingerprint density at radius 2 is 1.73 bits per heavy atom. The molecule has 15 heavy (non-hydrogen) atoms. The van der Waals surface area contributed by atoms with E-state index in [0.717, 1.165) is 25.7 Å². The lowest BCUT2D eigenvalue weighted by atomic mass is 9.91. The Morgan fingerprint density at radius 3 is 2.07 bits per heavy atom. The fourth-order valence-electron chi connectivity index (χ4n) is 2.51. The third kappa shape index (κ3) is 2.17. The summed E-state index contributed by atoms with van der Waals surface area (Å²) in [5.74, 6) is -0.151. The first kappa shape index (κ1) is 12.5. The quantitative estimate of drug-likeness (QED) is 0.779. The zero-order chi connectivity index (χ0) is 11.6. The van der Waals surface area contributed by atoms with Crippen LogP contribution in [0.2, 0.25) is 0 Å². The fourth-order valence-corrected chi connectivity index (χ4v) is 2.51. The van der Waals surface area contributed by atoms with Crippen molar-refractivity contribution in [2.45, 2.75) is 58.0 Å². The van der Waals surface area contributed by atoms with Gasteiger partial charge >= 0.3 is 5.97 Å². The zero-order valence-corrected chi connectivity index (χ0v) is 10.3. The lowest BCUT2D eigenvalue weighted by molar-refractivity contribution is -0.152. The van der Waals surface area contributed by atoms with Crippen molar-refractivity contribution in [3.05, 3.63) is 0 Å². The van der Waals surface area contributed by atoms with Crippen molar-refractivity contribution in [3.63, 3.8) is 0 Å². The van der Waals surface area contributed by atoms with Crippen LogP contribution in [0.15, 0.2) is 0 Å². The predicted molar refractivity (Wildman–Crippen MR) is 60.9 cm³/mol. The van der Waals surface area contributed by atoms with Crippen LogP contribution in [0, 0.1) is 5.92 Å². The summed E-state index contributed by atoms with van der Waals surface area (Å²) in [6, 6.07) is 0.319. The summed E-state index contributed by atoms with van der Waals surface area (Å²) in [6.45, 7) is 6.41. The fraction of sp³-hybridized carbons (Fsp3) is 0.917. The molecule has 1 rings (SSSR count). The highest BCUT2D eigenvalue weighted by atomic mass is 16.4. The first-order chi connectivity index (χ1) is 6.92. The Kier molecular flexibility index (Phi) is 3.77. The van der Waals surface area contributed by atoms with Gasteiger partial charge < -0.3 is 5.11 Å². The van der Waals surface area contributed by atoms with Gasteiger partial charge in [-0.15, -0.1) is 0 Å². The van der Waals surface area contributed by atoms with Gasteiger partial charge in [0.2, 0.25) is 0 Å². The highest BCUT2D eigenvalue weighted by Gasteiger charge is 2.46. The lowest BCUT2D eigenvalue weighted by Crippen LogP contribution is -2.55. The largest absolute Gasteiger partial charge is 0.480 e. The zero-order valence-electron chi connectivity index (χ0n) is 10.3. The van der Waals surface area contributed by atoms with Gasteiger partial charge in [0.25, 0.3) is 0 Å². The van der Waals surface area contributed by atoms with Crippen molar-refractivity contribution in [2.75, 3.05) is 7.05 Å². The number of carboxylic acid groups (broad SMARTS) is 1. The van der Waals surface area contributed by atoms with Crippen molar-refractivity contribution < 1.29 is 9.90 Å². The molecule has 1 saturated carbocycles. The van der Waals surface area contributed by atoms with E-state index in [4.69, 9.17) is 0 Å². The molecule has 1 aliphatic carbocycles. The lowest BCUT2D eigenvalue weighted by Gasteiger charge is -2.40. The van der Waals surface area contributed by atoms with Gasteiger partial charge in [-0.3, -0.25) is 9.69 Å². The summed E-state index contributed by atoms with van der Waals surface area (Å²) in [6.07, 6.45) is 3.69. The van der Waals surface area contributed by atoms with Gasteiger partial charge in [0, 0.05) is 6.04 Å². The van der Waals surface area contributed by atoms with Crippen LogP contribution in [0.5, 0.6) is 0 Å². The summed E-state index contributed by atoms with van der Waals surface area (Å²) >= 11 is 0. The molecule has 0 aliphatic heterocycles. The Hall–Kier alpha value is -0.570. The highest BCUT2D eigenvalue weighted by Crippen LogP contribution is 2.36. The minimum atomic E-state index is -0.644. The van der Waals surface area contributed by atoms with Crippen LogP contribution in [0.25, 0.3) is 0 Å². The van der Waals surface area contributed by atoms with E-state index in [1.54, 1.807) is 0 Å². The number of hydrogen-bond acceptors (Lipinski definition) is 2. The Labute approximate surface area is 92.5 Å². The van der Waals surface area contributed by atoms with Gasteiger partial charge in [0.05, 0.1) is 0 Å². The molecule has 1 N–H and O–H groups in total. The molecule has 0 radical (unpaired) electrons. The first-order valence-electron chi connectivity index (χ1n) is 5.88. The molecule has 0 aromatic rings. The van der Waals surface area contributed by atoms with Gasteiger partial charge in [-0.05, 0) is 32.7 Å². The number of carbonyl (C=O) groups is 1. The van der Waals surface area contributed by atoms with Gasteiger partial charge in [0.1, 0.15) is 5.54 Å². The molecule has 1 aliphatic rings. The summed E-state index contributed by atoms with van der Waals surface area (Å²) in [5.41, 5.74) is -0.594. The van der Waals surface area contributed by atoms with E-state index in [2.05, 4.69) is 25.7 Å². The van der Waals surface area contributed by atoms with Crippen LogP contribution in [0.1, 0.15) is 46.5 Å². The van der Waals surface area contributed by atoms with E-state index in [1.165, 1.54) is 0 Å².